The number of nitrogen functional groups attached to an aromatic ring is 1. The van der Waals surface area contributed by atoms with Crippen molar-refractivity contribution in [2.24, 2.45) is 0 Å². The number of rotatable bonds is 5. The molecular formula is C11H13BrN2O2S. The van der Waals surface area contributed by atoms with Crippen LogP contribution in [-0.2, 0) is 10.0 Å². The largest absolute Gasteiger partial charge is 0.399 e. The van der Waals surface area contributed by atoms with Gasteiger partial charge < -0.3 is 5.73 Å². The van der Waals surface area contributed by atoms with Crippen LogP contribution in [0.25, 0.3) is 0 Å². The fourth-order valence-electron chi connectivity index (χ4n) is 1.20. The molecule has 4 nitrogen and oxygen atoms in total. The van der Waals surface area contributed by atoms with Crippen molar-refractivity contribution in [3.8, 4) is 12.3 Å². The van der Waals surface area contributed by atoms with E-state index in [0.717, 1.165) is 0 Å². The third kappa shape index (κ3) is 4.04. The molecule has 0 aliphatic heterocycles. The molecule has 0 aromatic heterocycles. The van der Waals surface area contributed by atoms with Gasteiger partial charge in [0.2, 0.25) is 10.0 Å². The van der Waals surface area contributed by atoms with Crippen LogP contribution in [0.15, 0.2) is 27.6 Å². The van der Waals surface area contributed by atoms with Gasteiger partial charge in [0.25, 0.3) is 0 Å². The summed E-state index contributed by atoms with van der Waals surface area (Å²) in [5, 5.41) is 0. The van der Waals surface area contributed by atoms with Crippen LogP contribution in [0.5, 0.6) is 0 Å². The van der Waals surface area contributed by atoms with E-state index in [1.165, 1.54) is 6.07 Å². The topological polar surface area (TPSA) is 72.2 Å². The van der Waals surface area contributed by atoms with Crippen molar-refractivity contribution in [2.75, 3.05) is 12.3 Å². The zero-order valence-electron chi connectivity index (χ0n) is 9.11. The Bertz CT molecular complexity index is 535. The van der Waals surface area contributed by atoms with Crippen LogP contribution in [0, 0.1) is 12.3 Å². The number of nitrogens with two attached hydrogens (primary N) is 1. The number of unbranched alkanes of at least 4 members (excludes halogenated alkanes) is 1. The summed E-state index contributed by atoms with van der Waals surface area (Å²) in [7, 11) is -3.54. The van der Waals surface area contributed by atoms with Crippen LogP contribution in [0.1, 0.15) is 12.8 Å². The standard InChI is InChI=1S/C11H13BrN2O2S/c1-2-3-4-7-14-17(15,16)11-8-9(13)5-6-10(11)12/h1,5-6,8,14H,3-4,7,13H2. The fourth-order valence-corrected chi connectivity index (χ4v) is 3.27. The SMILES string of the molecule is C#CCCCNS(=O)(=O)c1cc(N)ccc1Br. The van der Waals surface area contributed by atoms with Crippen molar-refractivity contribution >= 4 is 31.6 Å². The Balaban J connectivity index is 2.83. The Hall–Kier alpha value is -1.03. The van der Waals surface area contributed by atoms with E-state index in [9.17, 15) is 8.42 Å². The first kappa shape index (κ1) is 14.0. The number of sulfonamides is 1. The van der Waals surface area contributed by atoms with Crippen LogP contribution in [-0.4, -0.2) is 15.0 Å². The zero-order valence-corrected chi connectivity index (χ0v) is 11.5. The Morgan fingerprint density at radius 1 is 1.47 bits per heavy atom. The van der Waals surface area contributed by atoms with Gasteiger partial charge in [-0.2, -0.15) is 0 Å². The minimum Gasteiger partial charge on any atom is -0.399 e. The number of nitrogens with one attached hydrogen (secondary N) is 1. The molecule has 0 aliphatic carbocycles. The number of hydrogen-bond donors (Lipinski definition) is 2. The predicted molar refractivity (Wildman–Crippen MR) is 71.8 cm³/mol. The summed E-state index contributed by atoms with van der Waals surface area (Å²) < 4.78 is 26.8. The van der Waals surface area contributed by atoms with Gasteiger partial charge in [0, 0.05) is 23.1 Å². The summed E-state index contributed by atoms with van der Waals surface area (Å²) in [5.41, 5.74) is 5.96. The molecule has 0 bridgehead atoms. The Kier molecular flexibility index (Phi) is 5.00. The van der Waals surface area contributed by atoms with Crippen molar-refractivity contribution in [1.29, 1.82) is 0 Å². The number of hydrogen-bond acceptors (Lipinski definition) is 3. The van der Waals surface area contributed by atoms with E-state index in [0.29, 0.717) is 29.5 Å². The predicted octanol–water partition coefficient (Wildman–Crippen LogP) is 1.72. The second-order valence-electron chi connectivity index (χ2n) is 3.40. The smallest absolute Gasteiger partial charge is 0.241 e. The molecular weight excluding hydrogens is 304 g/mol. The lowest BCUT2D eigenvalue weighted by Gasteiger charge is -2.08. The van der Waals surface area contributed by atoms with E-state index in [1.807, 2.05) is 0 Å². The first-order chi connectivity index (χ1) is 7.97. The van der Waals surface area contributed by atoms with Crippen molar-refractivity contribution in [3.05, 3.63) is 22.7 Å². The van der Waals surface area contributed by atoms with Gasteiger partial charge in [-0.05, 0) is 40.5 Å². The highest BCUT2D eigenvalue weighted by atomic mass is 79.9. The molecule has 0 radical (unpaired) electrons. The maximum atomic E-state index is 11.9. The normalized spacial score (nSPS) is 11.1. The van der Waals surface area contributed by atoms with Gasteiger partial charge in [-0.25, -0.2) is 13.1 Å². The first-order valence-corrected chi connectivity index (χ1v) is 7.23. The number of terminal acetylenes is 1. The molecule has 0 saturated heterocycles. The number of benzene rings is 1. The molecule has 0 unspecified atom stereocenters. The highest BCUT2D eigenvalue weighted by Gasteiger charge is 2.16. The summed E-state index contributed by atoms with van der Waals surface area (Å²) in [6, 6.07) is 4.64. The molecule has 0 spiro atoms. The fraction of sp³-hybridized carbons (Fsp3) is 0.273. The molecule has 17 heavy (non-hydrogen) atoms. The number of halogens is 1. The highest BCUT2D eigenvalue weighted by molar-refractivity contribution is 9.10. The second-order valence-corrected chi connectivity index (χ2v) is 5.99. The molecule has 0 saturated carbocycles. The highest BCUT2D eigenvalue weighted by Crippen LogP contribution is 2.23. The average molecular weight is 317 g/mol. The molecule has 1 rings (SSSR count). The van der Waals surface area contributed by atoms with Crippen LogP contribution in [0.2, 0.25) is 0 Å². The summed E-state index contributed by atoms with van der Waals surface area (Å²) >= 11 is 3.18. The first-order valence-electron chi connectivity index (χ1n) is 4.95. The maximum Gasteiger partial charge on any atom is 0.241 e. The summed E-state index contributed by atoms with van der Waals surface area (Å²) in [6.45, 7) is 0.313. The monoisotopic (exact) mass is 316 g/mol. The molecule has 0 atom stereocenters. The van der Waals surface area contributed by atoms with Gasteiger partial charge in [-0.1, -0.05) is 0 Å². The van der Waals surface area contributed by atoms with Crippen LogP contribution in [0.3, 0.4) is 0 Å². The Labute approximate surface area is 110 Å². The van der Waals surface area contributed by atoms with Gasteiger partial charge in [0.1, 0.15) is 0 Å². The van der Waals surface area contributed by atoms with Crippen LogP contribution in [0.4, 0.5) is 5.69 Å². The van der Waals surface area contributed by atoms with E-state index in [4.69, 9.17) is 12.2 Å². The summed E-state index contributed by atoms with van der Waals surface area (Å²) in [4.78, 5) is 0.137. The molecule has 3 N–H and O–H groups in total. The lowest BCUT2D eigenvalue weighted by molar-refractivity contribution is 0.579. The maximum absolute atomic E-state index is 11.9. The molecule has 0 amide bonds. The minimum absolute atomic E-state index is 0.137. The molecule has 0 aliphatic rings. The zero-order chi connectivity index (χ0) is 12.9. The van der Waals surface area contributed by atoms with Gasteiger partial charge >= 0.3 is 0 Å². The van der Waals surface area contributed by atoms with Crippen molar-refractivity contribution in [2.45, 2.75) is 17.7 Å². The molecule has 6 heteroatoms. The molecule has 1 aromatic rings. The quantitative estimate of drug-likeness (QED) is 0.493. The van der Waals surface area contributed by atoms with E-state index < -0.39 is 10.0 Å². The Morgan fingerprint density at radius 2 is 2.18 bits per heavy atom. The minimum atomic E-state index is -3.54. The Morgan fingerprint density at radius 3 is 2.82 bits per heavy atom. The molecule has 0 heterocycles. The molecule has 92 valence electrons. The van der Waals surface area contributed by atoms with Crippen molar-refractivity contribution in [3.63, 3.8) is 0 Å². The van der Waals surface area contributed by atoms with Crippen molar-refractivity contribution in [1.82, 2.24) is 4.72 Å². The number of anilines is 1. The molecule has 0 fully saturated rings. The lowest BCUT2D eigenvalue weighted by Crippen LogP contribution is -2.25. The second kappa shape index (κ2) is 6.05. The van der Waals surface area contributed by atoms with Gasteiger partial charge in [-0.15, -0.1) is 12.3 Å². The molecule has 1 aromatic carbocycles. The van der Waals surface area contributed by atoms with Gasteiger partial charge in [0.15, 0.2) is 0 Å². The van der Waals surface area contributed by atoms with E-state index in [2.05, 4.69) is 26.6 Å². The van der Waals surface area contributed by atoms with Gasteiger partial charge in [-0.3, -0.25) is 0 Å². The van der Waals surface area contributed by atoms with Crippen LogP contribution < -0.4 is 10.5 Å². The third-order valence-electron chi connectivity index (χ3n) is 2.03. The van der Waals surface area contributed by atoms with Gasteiger partial charge in [0.05, 0.1) is 4.90 Å². The summed E-state index contributed by atoms with van der Waals surface area (Å²) in [6.07, 6.45) is 6.23. The van der Waals surface area contributed by atoms with Crippen molar-refractivity contribution < 1.29 is 8.42 Å². The third-order valence-corrected chi connectivity index (χ3v) is 4.49. The summed E-state index contributed by atoms with van der Waals surface area (Å²) in [5.74, 6) is 2.45. The average Bonchev–Trinajstić information content (AvgIpc) is 2.28. The van der Waals surface area contributed by atoms with Crippen LogP contribution >= 0.6 is 15.9 Å². The van der Waals surface area contributed by atoms with E-state index >= 15 is 0 Å². The lowest BCUT2D eigenvalue weighted by atomic mass is 10.3. The van der Waals surface area contributed by atoms with E-state index in [-0.39, 0.29) is 4.90 Å². The van der Waals surface area contributed by atoms with E-state index in [1.54, 1.807) is 12.1 Å².